The van der Waals surface area contributed by atoms with Gasteiger partial charge in [0.15, 0.2) is 0 Å². The van der Waals surface area contributed by atoms with Crippen LogP contribution in [0.5, 0.6) is 0 Å². The van der Waals surface area contributed by atoms with Crippen LogP contribution in [0.1, 0.15) is 34.5 Å². The maximum atomic E-state index is 11.5. The molecule has 1 aliphatic rings. The first-order chi connectivity index (χ1) is 7.13. The minimum Gasteiger partial charge on any atom is -0.377 e. The summed E-state index contributed by atoms with van der Waals surface area (Å²) in [7, 11) is 1.69. The highest BCUT2D eigenvalue weighted by atomic mass is 127. The summed E-state index contributed by atoms with van der Waals surface area (Å²) in [6.07, 6.45) is 0.0690. The Morgan fingerprint density at radius 3 is 2.93 bits per heavy atom. The van der Waals surface area contributed by atoms with Crippen LogP contribution in [-0.4, -0.2) is 13.0 Å². The summed E-state index contributed by atoms with van der Waals surface area (Å²) in [5, 5.41) is 2.83. The average molecular weight is 317 g/mol. The molecule has 1 heterocycles. The first-order valence-corrected chi connectivity index (χ1v) is 5.84. The van der Waals surface area contributed by atoms with E-state index in [9.17, 15) is 4.79 Å². The average Bonchev–Trinajstić information content (AvgIpc) is 2.59. The molecular formula is C11H12INO2. The zero-order valence-corrected chi connectivity index (χ0v) is 10.8. The van der Waals surface area contributed by atoms with Gasteiger partial charge in [0.25, 0.3) is 5.91 Å². The van der Waals surface area contributed by atoms with E-state index in [4.69, 9.17) is 4.74 Å². The Balaban J connectivity index is 2.49. The monoisotopic (exact) mass is 317 g/mol. The lowest BCUT2D eigenvalue weighted by Crippen LogP contribution is -2.13. The molecule has 0 aromatic heterocycles. The second-order valence-electron chi connectivity index (χ2n) is 3.60. The Kier molecular flexibility index (Phi) is 2.97. The highest BCUT2D eigenvalue weighted by molar-refractivity contribution is 14.1. The van der Waals surface area contributed by atoms with E-state index < -0.39 is 0 Å². The molecule has 80 valence electrons. The zero-order valence-electron chi connectivity index (χ0n) is 8.63. The van der Waals surface area contributed by atoms with Crippen LogP contribution in [0, 0.1) is 3.57 Å². The summed E-state index contributed by atoms with van der Waals surface area (Å²) in [5.74, 6) is 0.0334. The first kappa shape index (κ1) is 10.9. The van der Waals surface area contributed by atoms with Crippen molar-refractivity contribution in [2.75, 3.05) is 7.11 Å². The second kappa shape index (κ2) is 4.09. The summed E-state index contributed by atoms with van der Waals surface area (Å²) in [5.41, 5.74) is 3.02. The summed E-state index contributed by atoms with van der Waals surface area (Å²) in [6, 6.07) is 4.06. The third-order valence-electron chi connectivity index (χ3n) is 2.68. The van der Waals surface area contributed by atoms with Gasteiger partial charge < -0.3 is 10.1 Å². The third-order valence-corrected chi connectivity index (χ3v) is 3.53. The van der Waals surface area contributed by atoms with Gasteiger partial charge in [-0.3, -0.25) is 4.79 Å². The lowest BCUT2D eigenvalue weighted by atomic mass is 10.0. The molecule has 0 aliphatic carbocycles. The molecule has 1 aliphatic heterocycles. The summed E-state index contributed by atoms with van der Waals surface area (Å²) in [6.45, 7) is 2.64. The molecular weight excluding hydrogens is 305 g/mol. The molecule has 1 atom stereocenters. The largest absolute Gasteiger partial charge is 0.377 e. The van der Waals surface area contributed by atoms with Crippen LogP contribution in [-0.2, 0) is 11.3 Å². The molecule has 2 rings (SSSR count). The fourth-order valence-electron chi connectivity index (χ4n) is 1.72. The Morgan fingerprint density at radius 1 is 1.53 bits per heavy atom. The van der Waals surface area contributed by atoms with E-state index in [2.05, 4.69) is 27.9 Å². The molecule has 1 aromatic rings. The highest BCUT2D eigenvalue weighted by Gasteiger charge is 2.23. The topological polar surface area (TPSA) is 38.3 Å². The number of nitrogens with one attached hydrogen (secondary N) is 1. The molecule has 15 heavy (non-hydrogen) atoms. The Morgan fingerprint density at radius 2 is 2.27 bits per heavy atom. The van der Waals surface area contributed by atoms with E-state index in [-0.39, 0.29) is 12.0 Å². The highest BCUT2D eigenvalue weighted by Crippen LogP contribution is 2.27. The molecule has 1 N–H and O–H groups in total. The van der Waals surface area contributed by atoms with E-state index in [1.165, 1.54) is 0 Å². The van der Waals surface area contributed by atoms with Crippen LogP contribution >= 0.6 is 22.6 Å². The fraction of sp³-hybridized carbons (Fsp3) is 0.364. The van der Waals surface area contributed by atoms with Crippen molar-refractivity contribution in [3.63, 3.8) is 0 Å². The Bertz CT molecular complexity index is 417. The SMILES string of the molecule is CO[C@@H](C)c1cc(I)c2c(c1)CNC2=O. The van der Waals surface area contributed by atoms with Gasteiger partial charge in [-0.2, -0.15) is 0 Å². The van der Waals surface area contributed by atoms with E-state index in [1.54, 1.807) is 7.11 Å². The molecule has 4 heteroatoms. The van der Waals surface area contributed by atoms with Crippen molar-refractivity contribution in [2.24, 2.45) is 0 Å². The number of hydrogen-bond donors (Lipinski definition) is 1. The second-order valence-corrected chi connectivity index (χ2v) is 4.76. The molecule has 0 bridgehead atoms. The molecule has 0 fully saturated rings. The lowest BCUT2D eigenvalue weighted by Gasteiger charge is -2.12. The lowest BCUT2D eigenvalue weighted by molar-refractivity contribution is 0.0964. The molecule has 0 saturated heterocycles. The van der Waals surface area contributed by atoms with Crippen molar-refractivity contribution in [3.8, 4) is 0 Å². The van der Waals surface area contributed by atoms with Crippen molar-refractivity contribution in [3.05, 3.63) is 32.4 Å². The molecule has 3 nitrogen and oxygen atoms in total. The number of halogens is 1. The van der Waals surface area contributed by atoms with E-state index in [0.717, 1.165) is 20.3 Å². The van der Waals surface area contributed by atoms with E-state index in [0.29, 0.717) is 6.54 Å². The number of benzene rings is 1. The van der Waals surface area contributed by atoms with Crippen molar-refractivity contribution in [1.82, 2.24) is 5.32 Å². The third kappa shape index (κ3) is 1.88. The maximum absolute atomic E-state index is 11.5. The quantitative estimate of drug-likeness (QED) is 0.850. The van der Waals surface area contributed by atoms with Crippen molar-refractivity contribution >= 4 is 28.5 Å². The van der Waals surface area contributed by atoms with Crippen LogP contribution < -0.4 is 5.32 Å². The predicted octanol–water partition coefficient (Wildman–Crippen LogP) is 2.24. The fourth-order valence-corrected chi connectivity index (χ4v) is 2.67. The van der Waals surface area contributed by atoms with Crippen LogP contribution in [0.3, 0.4) is 0 Å². The number of methoxy groups -OCH3 is 1. The Labute approximate surface area is 102 Å². The summed E-state index contributed by atoms with van der Waals surface area (Å²) < 4.78 is 6.27. The van der Waals surface area contributed by atoms with Gasteiger partial charge in [-0.15, -0.1) is 0 Å². The predicted molar refractivity (Wildman–Crippen MR) is 65.8 cm³/mol. The van der Waals surface area contributed by atoms with Crippen molar-refractivity contribution in [1.29, 1.82) is 0 Å². The molecule has 0 saturated carbocycles. The first-order valence-electron chi connectivity index (χ1n) is 4.76. The van der Waals surface area contributed by atoms with Gasteiger partial charge in [-0.1, -0.05) is 6.07 Å². The smallest absolute Gasteiger partial charge is 0.252 e. The van der Waals surface area contributed by atoms with Gasteiger partial charge in [-0.25, -0.2) is 0 Å². The van der Waals surface area contributed by atoms with Crippen LogP contribution in [0.15, 0.2) is 12.1 Å². The van der Waals surface area contributed by atoms with Gasteiger partial charge in [0, 0.05) is 17.2 Å². The minimum absolute atomic E-state index is 0.0334. The molecule has 0 unspecified atom stereocenters. The van der Waals surface area contributed by atoms with Crippen molar-refractivity contribution < 1.29 is 9.53 Å². The van der Waals surface area contributed by atoms with Crippen molar-refractivity contribution in [2.45, 2.75) is 19.6 Å². The number of ether oxygens (including phenoxy) is 1. The summed E-state index contributed by atoms with van der Waals surface area (Å²) in [4.78, 5) is 11.5. The van der Waals surface area contributed by atoms with Gasteiger partial charge in [0.2, 0.25) is 0 Å². The minimum atomic E-state index is 0.0334. The van der Waals surface area contributed by atoms with E-state index in [1.807, 2.05) is 19.1 Å². The standard InChI is InChI=1S/C11H12INO2/c1-6(15-2)7-3-8-5-13-11(14)10(8)9(12)4-7/h3-4,6H,5H2,1-2H3,(H,13,14)/t6-/m0/s1. The molecule has 1 aromatic carbocycles. The number of carbonyl (C=O) groups is 1. The molecule has 0 spiro atoms. The van der Waals surface area contributed by atoms with Crippen LogP contribution in [0.2, 0.25) is 0 Å². The van der Waals surface area contributed by atoms with Crippen LogP contribution in [0.25, 0.3) is 0 Å². The maximum Gasteiger partial charge on any atom is 0.252 e. The van der Waals surface area contributed by atoms with Gasteiger partial charge in [-0.05, 0) is 46.7 Å². The Hall–Kier alpha value is -0.620. The summed E-state index contributed by atoms with van der Waals surface area (Å²) >= 11 is 2.20. The number of fused-ring (bicyclic) bond motifs is 1. The van der Waals surface area contributed by atoms with Crippen LogP contribution in [0.4, 0.5) is 0 Å². The number of rotatable bonds is 2. The number of carbonyl (C=O) groups excluding carboxylic acids is 1. The van der Waals surface area contributed by atoms with E-state index >= 15 is 0 Å². The zero-order chi connectivity index (χ0) is 11.0. The van der Waals surface area contributed by atoms with Gasteiger partial charge in [0.1, 0.15) is 0 Å². The molecule has 1 amide bonds. The normalized spacial score (nSPS) is 16.1. The molecule has 0 radical (unpaired) electrons. The van der Waals surface area contributed by atoms with Gasteiger partial charge in [0.05, 0.1) is 11.7 Å². The number of amides is 1. The number of hydrogen-bond acceptors (Lipinski definition) is 2. The van der Waals surface area contributed by atoms with Gasteiger partial charge >= 0.3 is 0 Å².